The molecule has 0 N–H and O–H groups in total. The van der Waals surface area contributed by atoms with Gasteiger partial charge in [0.15, 0.2) is 0 Å². The number of hydrogen-bond donors (Lipinski definition) is 0. The Morgan fingerprint density at radius 1 is 1.05 bits per heavy atom. The second-order valence-corrected chi connectivity index (χ2v) is 5.08. The standard InChI is InChI=1S/C17H24O4/c1-3-4-11-20-16(18)9-6-10-17(19)21-13-15-8-5-7-14(2)12-15/h5,7-8,12H,3-4,6,9-11,13H2,1-2H3. The summed E-state index contributed by atoms with van der Waals surface area (Å²) >= 11 is 0. The van der Waals surface area contributed by atoms with E-state index in [9.17, 15) is 9.59 Å². The lowest BCUT2D eigenvalue weighted by Gasteiger charge is -2.06. The molecule has 0 spiro atoms. The first-order valence-corrected chi connectivity index (χ1v) is 7.48. The van der Waals surface area contributed by atoms with Crippen molar-refractivity contribution in [1.82, 2.24) is 0 Å². The van der Waals surface area contributed by atoms with Crippen LogP contribution in [0.15, 0.2) is 24.3 Å². The molecule has 0 atom stereocenters. The third kappa shape index (κ3) is 8.12. The molecule has 0 aliphatic carbocycles. The number of carbonyl (C=O) groups is 2. The van der Waals surface area contributed by atoms with E-state index >= 15 is 0 Å². The van der Waals surface area contributed by atoms with E-state index in [4.69, 9.17) is 9.47 Å². The summed E-state index contributed by atoms with van der Waals surface area (Å²) in [5.41, 5.74) is 2.11. The van der Waals surface area contributed by atoms with E-state index in [0.29, 0.717) is 13.0 Å². The van der Waals surface area contributed by atoms with Crippen molar-refractivity contribution >= 4 is 11.9 Å². The van der Waals surface area contributed by atoms with Gasteiger partial charge in [0.25, 0.3) is 0 Å². The van der Waals surface area contributed by atoms with Crippen LogP contribution in [-0.2, 0) is 25.7 Å². The molecule has 0 aromatic heterocycles. The van der Waals surface area contributed by atoms with Crippen molar-refractivity contribution < 1.29 is 19.1 Å². The predicted octanol–water partition coefficient (Wildman–Crippen LogP) is 3.55. The van der Waals surface area contributed by atoms with E-state index in [2.05, 4.69) is 0 Å². The molecule has 0 aliphatic heterocycles. The van der Waals surface area contributed by atoms with Crippen molar-refractivity contribution in [2.75, 3.05) is 6.61 Å². The van der Waals surface area contributed by atoms with Gasteiger partial charge in [0.05, 0.1) is 6.61 Å². The van der Waals surface area contributed by atoms with Gasteiger partial charge in [0.2, 0.25) is 0 Å². The summed E-state index contributed by atoms with van der Waals surface area (Å²) in [4.78, 5) is 22.9. The van der Waals surface area contributed by atoms with E-state index in [1.54, 1.807) is 0 Å². The van der Waals surface area contributed by atoms with Gasteiger partial charge in [0, 0.05) is 12.8 Å². The van der Waals surface area contributed by atoms with Crippen molar-refractivity contribution in [2.24, 2.45) is 0 Å². The van der Waals surface area contributed by atoms with Crippen LogP contribution < -0.4 is 0 Å². The van der Waals surface area contributed by atoms with Gasteiger partial charge in [-0.2, -0.15) is 0 Å². The lowest BCUT2D eigenvalue weighted by molar-refractivity contribution is -0.146. The van der Waals surface area contributed by atoms with Gasteiger partial charge in [-0.1, -0.05) is 43.2 Å². The Morgan fingerprint density at radius 3 is 2.43 bits per heavy atom. The fourth-order valence-electron chi connectivity index (χ4n) is 1.82. The Morgan fingerprint density at radius 2 is 1.76 bits per heavy atom. The van der Waals surface area contributed by atoms with Crippen molar-refractivity contribution in [2.45, 2.75) is 52.6 Å². The molecule has 0 aliphatic rings. The number of benzene rings is 1. The molecule has 0 heterocycles. The molecule has 1 aromatic carbocycles. The van der Waals surface area contributed by atoms with Crippen LogP contribution in [0.25, 0.3) is 0 Å². The molecular formula is C17H24O4. The third-order valence-electron chi connectivity index (χ3n) is 3.01. The van der Waals surface area contributed by atoms with Crippen LogP contribution in [0.3, 0.4) is 0 Å². The highest BCUT2D eigenvalue weighted by Crippen LogP contribution is 2.07. The first-order valence-electron chi connectivity index (χ1n) is 7.48. The number of unbranched alkanes of at least 4 members (excludes halogenated alkanes) is 1. The summed E-state index contributed by atoms with van der Waals surface area (Å²) in [7, 11) is 0. The molecule has 0 amide bonds. The monoisotopic (exact) mass is 292 g/mol. The van der Waals surface area contributed by atoms with E-state index < -0.39 is 0 Å². The van der Waals surface area contributed by atoms with Crippen molar-refractivity contribution in [1.29, 1.82) is 0 Å². The summed E-state index contributed by atoms with van der Waals surface area (Å²) < 4.78 is 10.2. The van der Waals surface area contributed by atoms with Gasteiger partial charge in [0.1, 0.15) is 6.61 Å². The van der Waals surface area contributed by atoms with Gasteiger partial charge < -0.3 is 9.47 Å². The zero-order valence-corrected chi connectivity index (χ0v) is 12.9. The summed E-state index contributed by atoms with van der Waals surface area (Å²) in [5.74, 6) is -0.521. The predicted molar refractivity (Wildman–Crippen MR) is 80.7 cm³/mol. The summed E-state index contributed by atoms with van der Waals surface area (Å²) in [5, 5.41) is 0. The maximum atomic E-state index is 11.6. The molecule has 116 valence electrons. The molecule has 1 aromatic rings. The summed E-state index contributed by atoms with van der Waals surface area (Å²) in [6, 6.07) is 7.84. The minimum atomic E-state index is -0.280. The SMILES string of the molecule is CCCCOC(=O)CCCC(=O)OCc1cccc(C)c1. The van der Waals surface area contributed by atoms with E-state index in [-0.39, 0.29) is 31.4 Å². The quantitative estimate of drug-likeness (QED) is 0.516. The highest BCUT2D eigenvalue weighted by molar-refractivity contribution is 5.72. The fraction of sp³-hybridized carbons (Fsp3) is 0.529. The van der Waals surface area contributed by atoms with Gasteiger partial charge in [-0.25, -0.2) is 0 Å². The van der Waals surface area contributed by atoms with Gasteiger partial charge in [-0.05, 0) is 25.3 Å². The number of hydrogen-bond acceptors (Lipinski definition) is 4. The van der Waals surface area contributed by atoms with Crippen LogP contribution >= 0.6 is 0 Å². The molecule has 21 heavy (non-hydrogen) atoms. The van der Waals surface area contributed by atoms with Crippen LogP contribution in [0.2, 0.25) is 0 Å². The maximum Gasteiger partial charge on any atom is 0.306 e. The highest BCUT2D eigenvalue weighted by atomic mass is 16.5. The van der Waals surface area contributed by atoms with Gasteiger partial charge in [-0.15, -0.1) is 0 Å². The maximum absolute atomic E-state index is 11.6. The number of carbonyl (C=O) groups excluding carboxylic acids is 2. The number of esters is 2. The van der Waals surface area contributed by atoms with E-state index in [1.165, 1.54) is 0 Å². The molecule has 4 nitrogen and oxygen atoms in total. The molecular weight excluding hydrogens is 268 g/mol. The molecule has 0 fully saturated rings. The Hall–Kier alpha value is -1.84. The molecule has 0 radical (unpaired) electrons. The average Bonchev–Trinajstić information content (AvgIpc) is 2.45. The van der Waals surface area contributed by atoms with Crippen LogP contribution in [-0.4, -0.2) is 18.5 Å². The molecule has 0 saturated carbocycles. The minimum absolute atomic E-state index is 0.241. The van der Waals surface area contributed by atoms with Crippen molar-refractivity contribution in [3.8, 4) is 0 Å². The zero-order chi connectivity index (χ0) is 15.5. The second kappa shape index (κ2) is 9.97. The molecule has 4 heteroatoms. The molecule has 0 bridgehead atoms. The highest BCUT2D eigenvalue weighted by Gasteiger charge is 2.07. The van der Waals surface area contributed by atoms with Crippen molar-refractivity contribution in [3.05, 3.63) is 35.4 Å². The zero-order valence-electron chi connectivity index (χ0n) is 12.9. The number of aryl methyl sites for hydroxylation is 1. The third-order valence-corrected chi connectivity index (χ3v) is 3.01. The Labute approximate surface area is 126 Å². The lowest BCUT2D eigenvalue weighted by Crippen LogP contribution is -2.08. The van der Waals surface area contributed by atoms with Gasteiger partial charge in [-0.3, -0.25) is 9.59 Å². The lowest BCUT2D eigenvalue weighted by atomic mass is 10.1. The minimum Gasteiger partial charge on any atom is -0.466 e. The molecule has 0 unspecified atom stereocenters. The normalized spacial score (nSPS) is 10.2. The fourth-order valence-corrected chi connectivity index (χ4v) is 1.82. The topological polar surface area (TPSA) is 52.6 Å². The van der Waals surface area contributed by atoms with E-state index in [0.717, 1.165) is 24.0 Å². The van der Waals surface area contributed by atoms with Crippen LogP contribution in [0.5, 0.6) is 0 Å². The van der Waals surface area contributed by atoms with Crippen LogP contribution in [0.4, 0.5) is 0 Å². The number of ether oxygens (including phenoxy) is 2. The molecule has 1 rings (SSSR count). The second-order valence-electron chi connectivity index (χ2n) is 5.08. The first-order chi connectivity index (χ1) is 10.1. The number of rotatable bonds is 9. The van der Waals surface area contributed by atoms with Crippen LogP contribution in [0.1, 0.15) is 50.2 Å². The Bertz CT molecular complexity index is 454. The van der Waals surface area contributed by atoms with Crippen molar-refractivity contribution in [3.63, 3.8) is 0 Å². The Balaban J connectivity index is 2.12. The average molecular weight is 292 g/mol. The summed E-state index contributed by atoms with van der Waals surface area (Å²) in [6.45, 7) is 4.78. The largest absolute Gasteiger partial charge is 0.466 e. The van der Waals surface area contributed by atoms with Gasteiger partial charge >= 0.3 is 11.9 Å². The summed E-state index contributed by atoms with van der Waals surface area (Å²) in [6.07, 6.45) is 2.86. The Kier molecular flexibility index (Phi) is 8.17. The van der Waals surface area contributed by atoms with Crippen LogP contribution in [0, 0.1) is 6.92 Å². The first kappa shape index (κ1) is 17.2. The van der Waals surface area contributed by atoms with E-state index in [1.807, 2.05) is 38.1 Å². The molecule has 0 saturated heterocycles. The smallest absolute Gasteiger partial charge is 0.306 e.